The molecule has 0 saturated carbocycles. The third-order valence-electron chi connectivity index (χ3n) is 2.25. The van der Waals surface area contributed by atoms with E-state index < -0.39 is 0 Å². The van der Waals surface area contributed by atoms with E-state index in [1.54, 1.807) is 18.2 Å². The van der Waals surface area contributed by atoms with Crippen molar-refractivity contribution >= 4 is 17.4 Å². The molecule has 0 saturated heterocycles. The zero-order valence-corrected chi connectivity index (χ0v) is 10.3. The predicted molar refractivity (Wildman–Crippen MR) is 66.4 cm³/mol. The summed E-state index contributed by atoms with van der Waals surface area (Å²) < 4.78 is 5.53. The van der Waals surface area contributed by atoms with Crippen molar-refractivity contribution in [2.24, 2.45) is 0 Å². The molecule has 0 spiro atoms. The lowest BCUT2D eigenvalue weighted by Gasteiger charge is -2.10. The number of halogens is 1. The standard InChI is InChI=1S/C13H15ClO2/c1-4-9(2)8-16-13-6-5-11(14)7-12(13)10(3)15/h5-7H,2,4,8H2,1,3H3. The topological polar surface area (TPSA) is 26.3 Å². The van der Waals surface area contributed by atoms with Gasteiger partial charge >= 0.3 is 0 Å². The van der Waals surface area contributed by atoms with Gasteiger partial charge in [0.15, 0.2) is 5.78 Å². The molecule has 0 aliphatic carbocycles. The lowest BCUT2D eigenvalue weighted by Crippen LogP contribution is -2.04. The van der Waals surface area contributed by atoms with Gasteiger partial charge in [-0.2, -0.15) is 0 Å². The van der Waals surface area contributed by atoms with E-state index in [2.05, 4.69) is 6.58 Å². The third kappa shape index (κ3) is 3.38. The fourth-order valence-electron chi connectivity index (χ4n) is 1.19. The summed E-state index contributed by atoms with van der Waals surface area (Å²) in [5.74, 6) is 0.506. The van der Waals surface area contributed by atoms with E-state index in [1.807, 2.05) is 6.92 Å². The summed E-state index contributed by atoms with van der Waals surface area (Å²) in [5, 5.41) is 0.534. The number of benzene rings is 1. The Bertz CT molecular complexity index is 410. The number of carbonyl (C=O) groups excluding carboxylic acids is 1. The molecule has 0 fully saturated rings. The molecule has 2 nitrogen and oxygen atoms in total. The van der Waals surface area contributed by atoms with Gasteiger partial charge in [-0.1, -0.05) is 25.1 Å². The maximum atomic E-state index is 11.4. The van der Waals surface area contributed by atoms with Crippen molar-refractivity contribution in [3.05, 3.63) is 40.9 Å². The zero-order valence-electron chi connectivity index (χ0n) is 9.55. The van der Waals surface area contributed by atoms with E-state index in [1.165, 1.54) is 6.92 Å². The van der Waals surface area contributed by atoms with E-state index in [9.17, 15) is 4.79 Å². The number of hydrogen-bond acceptors (Lipinski definition) is 2. The minimum absolute atomic E-state index is 0.0559. The van der Waals surface area contributed by atoms with Crippen molar-refractivity contribution in [1.29, 1.82) is 0 Å². The fraction of sp³-hybridized carbons (Fsp3) is 0.308. The molecule has 0 N–H and O–H groups in total. The quantitative estimate of drug-likeness (QED) is 0.575. The van der Waals surface area contributed by atoms with Crippen LogP contribution in [0.15, 0.2) is 30.4 Å². The molecule has 0 radical (unpaired) electrons. The van der Waals surface area contributed by atoms with Crippen molar-refractivity contribution in [1.82, 2.24) is 0 Å². The molecule has 0 bridgehead atoms. The van der Waals surface area contributed by atoms with Crippen LogP contribution in [0.25, 0.3) is 0 Å². The summed E-state index contributed by atoms with van der Waals surface area (Å²) in [6, 6.07) is 5.04. The van der Waals surface area contributed by atoms with Gasteiger partial charge in [0.25, 0.3) is 0 Å². The fourth-order valence-corrected chi connectivity index (χ4v) is 1.36. The van der Waals surface area contributed by atoms with Gasteiger partial charge in [0.2, 0.25) is 0 Å². The van der Waals surface area contributed by atoms with Gasteiger partial charge in [-0.15, -0.1) is 0 Å². The van der Waals surface area contributed by atoms with E-state index >= 15 is 0 Å². The number of hydrogen-bond donors (Lipinski definition) is 0. The Hall–Kier alpha value is -1.28. The molecule has 0 heterocycles. The van der Waals surface area contributed by atoms with Gasteiger partial charge in [0.1, 0.15) is 12.4 Å². The van der Waals surface area contributed by atoms with E-state index in [0.29, 0.717) is 22.9 Å². The Labute approximate surface area is 101 Å². The second kappa shape index (κ2) is 5.71. The molecule has 1 rings (SSSR count). The molecule has 0 amide bonds. The first-order valence-electron chi connectivity index (χ1n) is 5.14. The van der Waals surface area contributed by atoms with Crippen LogP contribution in [-0.2, 0) is 0 Å². The molecule has 0 unspecified atom stereocenters. The largest absolute Gasteiger partial charge is 0.489 e. The lowest BCUT2D eigenvalue weighted by atomic mass is 10.1. The average molecular weight is 239 g/mol. The van der Waals surface area contributed by atoms with Crippen molar-refractivity contribution in [2.75, 3.05) is 6.61 Å². The second-order valence-corrected chi connectivity index (χ2v) is 4.03. The van der Waals surface area contributed by atoms with Crippen LogP contribution in [0.2, 0.25) is 5.02 Å². The summed E-state index contributed by atoms with van der Waals surface area (Å²) in [4.78, 5) is 11.4. The first-order valence-corrected chi connectivity index (χ1v) is 5.52. The minimum Gasteiger partial charge on any atom is -0.489 e. The Morgan fingerprint density at radius 1 is 1.50 bits per heavy atom. The normalized spacial score (nSPS) is 9.94. The summed E-state index contributed by atoms with van der Waals surface area (Å²) in [5.41, 5.74) is 1.50. The van der Waals surface area contributed by atoms with Crippen LogP contribution in [0.5, 0.6) is 5.75 Å². The summed E-state index contributed by atoms with van der Waals surface area (Å²) >= 11 is 5.83. The van der Waals surface area contributed by atoms with Crippen LogP contribution in [0.3, 0.4) is 0 Å². The monoisotopic (exact) mass is 238 g/mol. The smallest absolute Gasteiger partial charge is 0.163 e. The molecule has 1 aromatic rings. The molecule has 3 heteroatoms. The first kappa shape index (κ1) is 12.8. The molecule has 0 atom stereocenters. The highest BCUT2D eigenvalue weighted by Gasteiger charge is 2.09. The molecule has 0 aromatic heterocycles. The maximum Gasteiger partial charge on any atom is 0.163 e. The Morgan fingerprint density at radius 2 is 2.19 bits per heavy atom. The predicted octanol–water partition coefficient (Wildman–Crippen LogP) is 3.89. The summed E-state index contributed by atoms with van der Waals surface area (Å²) in [6.45, 7) is 7.78. The zero-order chi connectivity index (χ0) is 12.1. The molecule has 1 aromatic carbocycles. The van der Waals surface area contributed by atoms with Gasteiger partial charge in [0.05, 0.1) is 5.56 Å². The van der Waals surface area contributed by atoms with E-state index in [-0.39, 0.29) is 5.78 Å². The maximum absolute atomic E-state index is 11.4. The Balaban J connectivity index is 2.87. The van der Waals surface area contributed by atoms with Crippen LogP contribution < -0.4 is 4.74 Å². The third-order valence-corrected chi connectivity index (χ3v) is 2.49. The second-order valence-electron chi connectivity index (χ2n) is 3.59. The number of Topliss-reactive ketones (excluding diaryl/α,β-unsaturated/α-hetero) is 1. The minimum atomic E-state index is -0.0559. The summed E-state index contributed by atoms with van der Waals surface area (Å²) in [6.07, 6.45) is 0.864. The van der Waals surface area contributed by atoms with Crippen LogP contribution in [0.1, 0.15) is 30.6 Å². The molecule has 0 aliphatic rings. The van der Waals surface area contributed by atoms with Gasteiger partial charge in [-0.25, -0.2) is 0 Å². The number of rotatable bonds is 5. The van der Waals surface area contributed by atoms with Crippen LogP contribution in [0.4, 0.5) is 0 Å². The van der Waals surface area contributed by atoms with Crippen molar-refractivity contribution in [2.45, 2.75) is 20.3 Å². The van der Waals surface area contributed by atoms with Gasteiger partial charge < -0.3 is 4.74 Å². The van der Waals surface area contributed by atoms with Crippen molar-refractivity contribution in [3.63, 3.8) is 0 Å². The van der Waals surface area contributed by atoms with Crippen LogP contribution in [0, 0.1) is 0 Å². The SMILES string of the molecule is C=C(CC)COc1ccc(Cl)cc1C(C)=O. The summed E-state index contributed by atoms with van der Waals surface area (Å²) in [7, 11) is 0. The van der Waals surface area contributed by atoms with Gasteiger partial charge in [-0.3, -0.25) is 4.79 Å². The highest BCUT2D eigenvalue weighted by atomic mass is 35.5. The van der Waals surface area contributed by atoms with Crippen LogP contribution >= 0.6 is 11.6 Å². The Morgan fingerprint density at radius 3 is 2.75 bits per heavy atom. The number of ketones is 1. The van der Waals surface area contributed by atoms with E-state index in [0.717, 1.165) is 12.0 Å². The van der Waals surface area contributed by atoms with Crippen LogP contribution in [-0.4, -0.2) is 12.4 Å². The van der Waals surface area contributed by atoms with Gasteiger partial charge in [-0.05, 0) is 37.1 Å². The van der Waals surface area contributed by atoms with E-state index in [4.69, 9.17) is 16.3 Å². The van der Waals surface area contributed by atoms with Crippen molar-refractivity contribution < 1.29 is 9.53 Å². The molecule has 16 heavy (non-hydrogen) atoms. The lowest BCUT2D eigenvalue weighted by molar-refractivity contribution is 0.101. The molecule has 86 valence electrons. The average Bonchev–Trinajstić information content (AvgIpc) is 2.26. The van der Waals surface area contributed by atoms with Gasteiger partial charge in [0, 0.05) is 5.02 Å². The molecular weight excluding hydrogens is 224 g/mol. The first-order chi connectivity index (χ1) is 7.54. The highest BCUT2D eigenvalue weighted by molar-refractivity contribution is 6.31. The highest BCUT2D eigenvalue weighted by Crippen LogP contribution is 2.23. The molecule has 0 aliphatic heterocycles. The Kier molecular flexibility index (Phi) is 4.56. The van der Waals surface area contributed by atoms with Crippen molar-refractivity contribution in [3.8, 4) is 5.75 Å². The number of ether oxygens (including phenoxy) is 1. The number of carbonyl (C=O) groups is 1. The molecular formula is C13H15ClO2.